The average molecular weight is 218 g/mol. The van der Waals surface area contributed by atoms with Crippen LogP contribution in [-0.2, 0) is 0 Å². The van der Waals surface area contributed by atoms with Gasteiger partial charge in [0.05, 0.1) is 0 Å². The Morgan fingerprint density at radius 3 is 2.69 bits per heavy atom. The van der Waals surface area contributed by atoms with E-state index in [1.54, 1.807) is 0 Å². The van der Waals surface area contributed by atoms with Crippen LogP contribution < -0.4 is 0 Å². The number of rotatable bonds is 3. The van der Waals surface area contributed by atoms with Crippen molar-refractivity contribution in [3.8, 4) is 11.8 Å². The summed E-state index contributed by atoms with van der Waals surface area (Å²) in [6, 6.07) is 0.776. The molecule has 0 radical (unpaired) electrons. The van der Waals surface area contributed by atoms with Crippen molar-refractivity contribution in [1.29, 1.82) is 0 Å². The van der Waals surface area contributed by atoms with Crippen molar-refractivity contribution < 1.29 is 0 Å². The van der Waals surface area contributed by atoms with Gasteiger partial charge in [-0.05, 0) is 39.0 Å². The fourth-order valence-electron chi connectivity index (χ4n) is 3.02. The maximum Gasteiger partial charge on any atom is 0.103 e. The zero-order chi connectivity index (χ0) is 11.4. The van der Waals surface area contributed by atoms with E-state index in [9.17, 15) is 0 Å². The minimum atomic E-state index is 0.690. The minimum absolute atomic E-state index is 0.690. The first-order valence-electron chi connectivity index (χ1n) is 6.57. The summed E-state index contributed by atoms with van der Waals surface area (Å²) in [6.07, 6.45) is 6.68. The van der Waals surface area contributed by atoms with Crippen LogP contribution in [0.4, 0.5) is 0 Å². The second-order valence-corrected chi connectivity index (χ2v) is 4.80. The van der Waals surface area contributed by atoms with Crippen molar-refractivity contribution in [2.24, 2.45) is 10.9 Å². The van der Waals surface area contributed by atoms with Gasteiger partial charge in [0.15, 0.2) is 0 Å². The summed E-state index contributed by atoms with van der Waals surface area (Å²) in [5, 5.41) is 0. The van der Waals surface area contributed by atoms with Crippen LogP contribution >= 0.6 is 0 Å². The molecular formula is C14H22N2. The molecule has 1 aliphatic carbocycles. The van der Waals surface area contributed by atoms with E-state index in [-0.39, 0.29) is 0 Å². The van der Waals surface area contributed by atoms with Crippen LogP contribution in [-0.4, -0.2) is 29.9 Å². The smallest absolute Gasteiger partial charge is 0.103 e. The SMILES string of the molecule is CC#CCN=C1C2CCC(CC2)N1CCC. The van der Waals surface area contributed by atoms with E-state index in [0.717, 1.165) is 12.0 Å². The normalized spacial score (nSPS) is 30.4. The zero-order valence-electron chi connectivity index (χ0n) is 10.5. The van der Waals surface area contributed by atoms with Gasteiger partial charge in [0.25, 0.3) is 0 Å². The third kappa shape index (κ3) is 2.24. The van der Waals surface area contributed by atoms with Gasteiger partial charge in [-0.15, -0.1) is 5.92 Å². The molecule has 0 atom stereocenters. The average Bonchev–Trinajstić information content (AvgIpc) is 2.33. The predicted molar refractivity (Wildman–Crippen MR) is 68.5 cm³/mol. The Balaban J connectivity index is 2.11. The number of aliphatic imine (C=N–C) groups is 1. The molecule has 0 aromatic carbocycles. The molecule has 16 heavy (non-hydrogen) atoms. The number of hydrogen-bond acceptors (Lipinski definition) is 1. The first-order valence-corrected chi connectivity index (χ1v) is 6.57. The molecule has 0 N–H and O–H groups in total. The first kappa shape index (κ1) is 11.5. The van der Waals surface area contributed by atoms with Crippen molar-refractivity contribution in [2.75, 3.05) is 13.1 Å². The minimum Gasteiger partial charge on any atom is -0.357 e. The van der Waals surface area contributed by atoms with Crippen LogP contribution in [0, 0.1) is 17.8 Å². The zero-order valence-corrected chi connectivity index (χ0v) is 10.5. The van der Waals surface area contributed by atoms with E-state index in [1.807, 2.05) is 6.92 Å². The summed E-state index contributed by atoms with van der Waals surface area (Å²) in [5.41, 5.74) is 0. The second-order valence-electron chi connectivity index (χ2n) is 4.80. The van der Waals surface area contributed by atoms with Gasteiger partial charge < -0.3 is 4.90 Å². The fourth-order valence-corrected chi connectivity index (χ4v) is 3.02. The molecule has 2 aliphatic heterocycles. The van der Waals surface area contributed by atoms with Crippen molar-refractivity contribution in [3.63, 3.8) is 0 Å². The maximum atomic E-state index is 4.72. The lowest BCUT2D eigenvalue weighted by molar-refractivity contribution is 0.169. The second kappa shape index (κ2) is 5.39. The third-order valence-corrected chi connectivity index (χ3v) is 3.76. The topological polar surface area (TPSA) is 15.6 Å². The van der Waals surface area contributed by atoms with Crippen LogP contribution in [0.2, 0.25) is 0 Å². The van der Waals surface area contributed by atoms with E-state index in [0.29, 0.717) is 6.54 Å². The molecule has 0 aromatic rings. The quantitative estimate of drug-likeness (QED) is 0.665. The molecular weight excluding hydrogens is 196 g/mol. The maximum absolute atomic E-state index is 4.72. The Hall–Kier alpha value is -0.970. The summed E-state index contributed by atoms with van der Waals surface area (Å²) < 4.78 is 0. The highest BCUT2D eigenvalue weighted by atomic mass is 15.2. The summed E-state index contributed by atoms with van der Waals surface area (Å²) in [6.45, 7) is 6.01. The van der Waals surface area contributed by atoms with Gasteiger partial charge in [0, 0.05) is 18.5 Å². The van der Waals surface area contributed by atoms with Crippen LogP contribution in [0.25, 0.3) is 0 Å². The van der Waals surface area contributed by atoms with Gasteiger partial charge >= 0.3 is 0 Å². The van der Waals surface area contributed by atoms with E-state index in [1.165, 1.54) is 44.5 Å². The lowest BCUT2D eigenvalue weighted by Crippen LogP contribution is -2.52. The summed E-state index contributed by atoms with van der Waals surface area (Å²) in [7, 11) is 0. The van der Waals surface area contributed by atoms with E-state index in [4.69, 9.17) is 4.99 Å². The highest BCUT2D eigenvalue weighted by Gasteiger charge is 2.37. The predicted octanol–water partition coefficient (Wildman–Crippen LogP) is 2.69. The van der Waals surface area contributed by atoms with Crippen LogP contribution in [0.15, 0.2) is 4.99 Å². The van der Waals surface area contributed by atoms with Crippen LogP contribution in [0.1, 0.15) is 46.0 Å². The standard InChI is InChI=1S/C14H22N2/c1-3-5-10-15-14-12-6-8-13(9-7-12)16(14)11-4-2/h12-13H,4,6-11H2,1-2H3. The summed E-state index contributed by atoms with van der Waals surface area (Å²) in [4.78, 5) is 7.29. The Labute approximate surface area is 99.1 Å². The van der Waals surface area contributed by atoms with Gasteiger partial charge in [-0.2, -0.15) is 0 Å². The molecule has 2 heteroatoms. The molecule has 2 bridgehead atoms. The molecule has 3 rings (SSSR count). The summed E-state index contributed by atoms with van der Waals surface area (Å²) >= 11 is 0. The van der Waals surface area contributed by atoms with E-state index >= 15 is 0 Å². The van der Waals surface area contributed by atoms with Crippen molar-refractivity contribution in [3.05, 3.63) is 0 Å². The highest BCUT2D eigenvalue weighted by molar-refractivity contribution is 5.86. The van der Waals surface area contributed by atoms with Gasteiger partial charge in [-0.3, -0.25) is 4.99 Å². The number of hydrogen-bond donors (Lipinski definition) is 0. The lowest BCUT2D eigenvalue weighted by Gasteiger charge is -2.47. The molecule has 0 unspecified atom stereocenters. The van der Waals surface area contributed by atoms with E-state index in [2.05, 4.69) is 23.7 Å². The van der Waals surface area contributed by atoms with Crippen molar-refractivity contribution in [2.45, 2.75) is 52.0 Å². The monoisotopic (exact) mass is 218 g/mol. The molecule has 3 fully saturated rings. The van der Waals surface area contributed by atoms with E-state index < -0.39 is 0 Å². The molecule has 0 spiro atoms. The fraction of sp³-hybridized carbons (Fsp3) is 0.786. The Kier molecular flexibility index (Phi) is 3.88. The lowest BCUT2D eigenvalue weighted by atomic mass is 9.79. The molecule has 0 amide bonds. The molecule has 2 saturated heterocycles. The van der Waals surface area contributed by atoms with Gasteiger partial charge in [-0.1, -0.05) is 12.8 Å². The third-order valence-electron chi connectivity index (χ3n) is 3.76. The van der Waals surface area contributed by atoms with Crippen molar-refractivity contribution in [1.82, 2.24) is 4.90 Å². The van der Waals surface area contributed by atoms with Crippen molar-refractivity contribution >= 4 is 5.84 Å². The number of amidine groups is 1. The van der Waals surface area contributed by atoms with Crippen LogP contribution in [0.5, 0.6) is 0 Å². The largest absolute Gasteiger partial charge is 0.357 e. The van der Waals surface area contributed by atoms with Gasteiger partial charge in [0.1, 0.15) is 12.4 Å². The van der Waals surface area contributed by atoms with Gasteiger partial charge in [-0.25, -0.2) is 0 Å². The van der Waals surface area contributed by atoms with Gasteiger partial charge in [0.2, 0.25) is 0 Å². The molecule has 2 heterocycles. The molecule has 2 nitrogen and oxygen atoms in total. The number of piperidine rings is 2. The molecule has 88 valence electrons. The summed E-state index contributed by atoms with van der Waals surface area (Å²) in [5.74, 6) is 8.08. The molecule has 3 aliphatic rings. The molecule has 1 saturated carbocycles. The molecule has 0 aromatic heterocycles. The Morgan fingerprint density at radius 1 is 1.31 bits per heavy atom. The highest BCUT2D eigenvalue weighted by Crippen LogP contribution is 2.36. The number of nitrogens with zero attached hydrogens (tertiary/aromatic N) is 2. The first-order chi connectivity index (χ1) is 7.86. The Morgan fingerprint density at radius 2 is 2.06 bits per heavy atom. The van der Waals surface area contributed by atoms with Crippen LogP contribution in [0.3, 0.4) is 0 Å². The number of fused-ring (bicyclic) bond motifs is 3. The Bertz CT molecular complexity index is 313.